The molecule has 4 aromatic rings. The topological polar surface area (TPSA) is 93.6 Å². The van der Waals surface area contributed by atoms with Gasteiger partial charge in [0.05, 0.1) is 21.7 Å². The maximum absolute atomic E-state index is 13.6. The van der Waals surface area contributed by atoms with Crippen LogP contribution in [0.1, 0.15) is 5.56 Å². The second-order valence-corrected chi connectivity index (χ2v) is 11.3. The fourth-order valence-corrected chi connectivity index (χ4v) is 7.05. The molecule has 1 heterocycles. The average molecular weight is 515 g/mol. The Bertz CT molecular complexity index is 1410. The van der Waals surface area contributed by atoms with E-state index in [4.69, 9.17) is 16.3 Å². The molecule has 4 rings (SSSR count). The van der Waals surface area contributed by atoms with Crippen LogP contribution in [0.3, 0.4) is 0 Å². The lowest BCUT2D eigenvalue weighted by molar-refractivity contribution is 0.305. The van der Waals surface area contributed by atoms with Crippen LogP contribution in [0, 0.1) is 0 Å². The van der Waals surface area contributed by atoms with Crippen LogP contribution in [-0.2, 0) is 26.7 Å². The van der Waals surface area contributed by atoms with Gasteiger partial charge in [0.25, 0.3) is 20.0 Å². The van der Waals surface area contributed by atoms with E-state index in [0.717, 1.165) is 0 Å². The molecule has 0 fully saturated rings. The second-order valence-electron chi connectivity index (χ2n) is 7.09. The maximum atomic E-state index is 13.6. The molecule has 0 aliphatic heterocycles. The van der Waals surface area contributed by atoms with E-state index < -0.39 is 20.0 Å². The first-order valence-corrected chi connectivity index (χ1v) is 13.3. The summed E-state index contributed by atoms with van der Waals surface area (Å²) in [5.41, 5.74) is 0.307. The lowest BCUT2D eigenvalue weighted by atomic mass is 10.2. The minimum absolute atomic E-state index is 0.0248. The number of benzene rings is 3. The van der Waals surface area contributed by atoms with Gasteiger partial charge in [-0.15, -0.1) is 0 Å². The minimum atomic E-state index is -4.51. The lowest BCUT2D eigenvalue weighted by Crippen LogP contribution is -2.37. The number of hydrogen-bond donors (Lipinski definition) is 0. The molecule has 7 nitrogen and oxygen atoms in total. The van der Waals surface area contributed by atoms with Crippen molar-refractivity contribution in [2.75, 3.05) is 3.71 Å². The first kappa shape index (κ1) is 23.7. The Morgan fingerprint density at radius 2 is 1.35 bits per heavy atom. The summed E-state index contributed by atoms with van der Waals surface area (Å²) >= 11 is 6.32. The third-order valence-corrected chi connectivity index (χ3v) is 9.36. The van der Waals surface area contributed by atoms with E-state index in [1.165, 1.54) is 72.9 Å². The van der Waals surface area contributed by atoms with Gasteiger partial charge in [0, 0.05) is 16.8 Å². The van der Waals surface area contributed by atoms with Crippen LogP contribution in [0.4, 0.5) is 5.69 Å². The van der Waals surface area contributed by atoms with Gasteiger partial charge in [-0.2, -0.15) is 3.71 Å². The van der Waals surface area contributed by atoms with Crippen molar-refractivity contribution in [1.29, 1.82) is 0 Å². The van der Waals surface area contributed by atoms with Gasteiger partial charge < -0.3 is 4.74 Å². The lowest BCUT2D eigenvalue weighted by Gasteiger charge is -2.25. The summed E-state index contributed by atoms with van der Waals surface area (Å²) in [4.78, 5) is 3.63. The quantitative estimate of drug-likeness (QED) is 0.332. The number of rotatable bonds is 8. The number of nitrogens with zero attached hydrogens (tertiary/aromatic N) is 2. The van der Waals surface area contributed by atoms with Crippen LogP contribution in [0.15, 0.2) is 113 Å². The van der Waals surface area contributed by atoms with E-state index >= 15 is 0 Å². The number of ether oxygens (including phenoxy) is 1. The zero-order valence-electron chi connectivity index (χ0n) is 17.7. The van der Waals surface area contributed by atoms with Gasteiger partial charge in [-0.1, -0.05) is 48.0 Å². The molecular weight excluding hydrogens is 496 g/mol. The molecule has 0 bridgehead atoms. The predicted molar refractivity (Wildman–Crippen MR) is 130 cm³/mol. The van der Waals surface area contributed by atoms with Gasteiger partial charge in [0.15, 0.2) is 0 Å². The van der Waals surface area contributed by atoms with E-state index in [9.17, 15) is 16.8 Å². The Morgan fingerprint density at radius 3 is 1.88 bits per heavy atom. The molecule has 0 atom stereocenters. The molecule has 0 amide bonds. The minimum Gasteiger partial charge on any atom is -0.487 e. The van der Waals surface area contributed by atoms with Gasteiger partial charge in [0.1, 0.15) is 12.4 Å². The molecule has 3 aromatic carbocycles. The summed E-state index contributed by atoms with van der Waals surface area (Å²) in [6.45, 7) is -0.0248. The molecule has 0 saturated carbocycles. The zero-order valence-corrected chi connectivity index (χ0v) is 20.0. The number of halogens is 1. The number of pyridine rings is 1. The molecule has 0 saturated heterocycles. The third-order valence-electron chi connectivity index (χ3n) is 4.79. The Kier molecular flexibility index (Phi) is 6.87. The van der Waals surface area contributed by atoms with E-state index in [1.807, 2.05) is 0 Å². The average Bonchev–Trinajstić information content (AvgIpc) is 2.86. The van der Waals surface area contributed by atoms with Gasteiger partial charge in [0.2, 0.25) is 0 Å². The Morgan fingerprint density at radius 1 is 0.765 bits per heavy atom. The van der Waals surface area contributed by atoms with Crippen molar-refractivity contribution in [3.63, 3.8) is 0 Å². The van der Waals surface area contributed by atoms with Gasteiger partial charge in [-0.05, 0) is 54.6 Å². The summed E-state index contributed by atoms with van der Waals surface area (Å²) in [6.07, 6.45) is 3.12. The molecule has 174 valence electrons. The highest BCUT2D eigenvalue weighted by Gasteiger charge is 2.37. The summed E-state index contributed by atoms with van der Waals surface area (Å²) < 4.78 is 60.5. The smallest absolute Gasteiger partial charge is 0.277 e. The Balaban J connectivity index is 1.83. The molecule has 34 heavy (non-hydrogen) atoms. The number of aromatic nitrogens is 1. The first-order chi connectivity index (χ1) is 16.3. The van der Waals surface area contributed by atoms with Gasteiger partial charge in [-0.25, -0.2) is 16.8 Å². The van der Waals surface area contributed by atoms with E-state index in [1.54, 1.807) is 30.5 Å². The van der Waals surface area contributed by atoms with Crippen LogP contribution < -0.4 is 8.45 Å². The van der Waals surface area contributed by atoms with Crippen molar-refractivity contribution in [1.82, 2.24) is 4.98 Å². The molecule has 0 spiro atoms. The molecule has 0 N–H and O–H groups in total. The molecular formula is C24H19ClN2O5S2. The molecule has 10 heteroatoms. The molecule has 1 aromatic heterocycles. The fraction of sp³-hybridized carbons (Fsp3) is 0.0417. The molecule has 0 radical (unpaired) electrons. The summed E-state index contributed by atoms with van der Waals surface area (Å²) in [6, 6.07) is 22.3. The van der Waals surface area contributed by atoms with Crippen molar-refractivity contribution in [3.8, 4) is 5.75 Å². The summed E-state index contributed by atoms with van der Waals surface area (Å²) in [5.74, 6) is 0.481. The SMILES string of the molecule is O=S(=O)(c1ccccc1)N(c1ccc(Cl)c(COc2cccnc2)c1)S(=O)(=O)c1ccccc1. The predicted octanol–water partition coefficient (Wildman–Crippen LogP) is 4.90. The van der Waals surface area contributed by atoms with Crippen molar-refractivity contribution >= 4 is 37.3 Å². The van der Waals surface area contributed by atoms with Crippen molar-refractivity contribution < 1.29 is 21.6 Å². The summed E-state index contributed by atoms with van der Waals surface area (Å²) in [7, 11) is -9.01. The Labute approximate surface area is 203 Å². The fourth-order valence-electron chi connectivity index (χ4n) is 3.16. The van der Waals surface area contributed by atoms with Crippen LogP contribution in [0.25, 0.3) is 0 Å². The first-order valence-electron chi connectivity index (χ1n) is 10.0. The normalized spacial score (nSPS) is 11.7. The highest BCUT2D eigenvalue weighted by molar-refractivity contribution is 8.10. The maximum Gasteiger partial charge on any atom is 0.277 e. The second kappa shape index (κ2) is 9.84. The standard InChI is InChI=1S/C24H19ClN2O5S2/c25-24-14-13-20(16-19(24)18-32-21-8-7-15-26-17-21)27(33(28,29)22-9-3-1-4-10-22)34(30,31)23-11-5-2-6-12-23/h1-17H,18H2. The van der Waals surface area contributed by atoms with Crippen LogP contribution in [0.2, 0.25) is 5.02 Å². The monoisotopic (exact) mass is 514 g/mol. The van der Waals surface area contributed by atoms with Crippen molar-refractivity contribution in [2.24, 2.45) is 0 Å². The zero-order chi connectivity index (χ0) is 24.2. The molecule has 0 aliphatic carbocycles. The van der Waals surface area contributed by atoms with Crippen molar-refractivity contribution in [2.45, 2.75) is 16.4 Å². The third kappa shape index (κ3) is 4.91. The van der Waals surface area contributed by atoms with Crippen LogP contribution >= 0.6 is 11.6 Å². The summed E-state index contributed by atoms with van der Waals surface area (Å²) in [5, 5.41) is 0.293. The van der Waals surface area contributed by atoms with Crippen LogP contribution in [0.5, 0.6) is 5.75 Å². The van der Waals surface area contributed by atoms with Gasteiger partial charge in [-0.3, -0.25) is 4.98 Å². The van der Waals surface area contributed by atoms with E-state index in [-0.39, 0.29) is 22.1 Å². The number of sulfonamides is 2. The number of anilines is 1. The molecule has 0 unspecified atom stereocenters. The van der Waals surface area contributed by atoms with Crippen LogP contribution in [-0.4, -0.2) is 21.8 Å². The van der Waals surface area contributed by atoms with Crippen molar-refractivity contribution in [3.05, 3.63) is 114 Å². The van der Waals surface area contributed by atoms with E-state index in [2.05, 4.69) is 4.98 Å². The Hall–Kier alpha value is -3.40. The number of hydrogen-bond acceptors (Lipinski definition) is 6. The van der Waals surface area contributed by atoms with Gasteiger partial charge >= 0.3 is 0 Å². The highest BCUT2D eigenvalue weighted by atomic mass is 35.5. The largest absolute Gasteiger partial charge is 0.487 e. The highest BCUT2D eigenvalue weighted by Crippen LogP contribution is 2.33. The molecule has 0 aliphatic rings. The van der Waals surface area contributed by atoms with E-state index in [0.29, 0.717) is 20.0 Å².